The maximum absolute atomic E-state index is 5.98. The number of hydrogen-bond acceptors (Lipinski definition) is 4. The molecule has 1 unspecified atom stereocenters. The van der Waals surface area contributed by atoms with Gasteiger partial charge in [-0.2, -0.15) is 5.10 Å². The smallest absolute Gasteiger partial charge is 0.161 e. The number of piperidine rings is 1. The van der Waals surface area contributed by atoms with Gasteiger partial charge in [-0.3, -0.25) is 4.90 Å². The average molecular weight is 327 g/mol. The molecule has 1 fully saturated rings. The van der Waals surface area contributed by atoms with Crippen molar-refractivity contribution in [3.8, 4) is 5.69 Å². The summed E-state index contributed by atoms with van der Waals surface area (Å²) in [6.07, 6.45) is 5.67. The SMILES string of the molecule is CC1CCCCN1C/C(N)=N/OCc1ccn(-c2ccccc2)n1. The lowest BCUT2D eigenvalue weighted by molar-refractivity contribution is 0.123. The Morgan fingerprint density at radius 2 is 2.12 bits per heavy atom. The summed E-state index contributed by atoms with van der Waals surface area (Å²) in [5.41, 5.74) is 7.83. The number of nitrogens with zero attached hydrogens (tertiary/aromatic N) is 4. The van der Waals surface area contributed by atoms with E-state index in [9.17, 15) is 0 Å². The van der Waals surface area contributed by atoms with Gasteiger partial charge in [-0.25, -0.2) is 4.68 Å². The molecule has 1 aromatic carbocycles. The molecule has 0 spiro atoms. The molecule has 128 valence electrons. The van der Waals surface area contributed by atoms with Crippen molar-refractivity contribution in [3.05, 3.63) is 48.3 Å². The lowest BCUT2D eigenvalue weighted by Crippen LogP contribution is -2.42. The number of likely N-dealkylation sites (tertiary alicyclic amines) is 1. The van der Waals surface area contributed by atoms with E-state index in [1.807, 2.05) is 47.3 Å². The van der Waals surface area contributed by atoms with E-state index in [2.05, 4.69) is 22.1 Å². The Kier molecular flexibility index (Phi) is 5.48. The van der Waals surface area contributed by atoms with Crippen LogP contribution in [0.15, 0.2) is 47.8 Å². The number of benzene rings is 1. The molecule has 2 N–H and O–H groups in total. The number of hydrogen-bond donors (Lipinski definition) is 1. The molecule has 0 bridgehead atoms. The second-order valence-corrected chi connectivity index (χ2v) is 6.26. The van der Waals surface area contributed by atoms with E-state index in [-0.39, 0.29) is 0 Å². The number of nitrogens with two attached hydrogens (primary N) is 1. The fourth-order valence-electron chi connectivity index (χ4n) is 2.97. The number of aromatic nitrogens is 2. The van der Waals surface area contributed by atoms with Gasteiger partial charge in [0.1, 0.15) is 5.69 Å². The van der Waals surface area contributed by atoms with Gasteiger partial charge in [0.2, 0.25) is 0 Å². The molecule has 1 aliphatic rings. The zero-order valence-electron chi connectivity index (χ0n) is 14.1. The maximum Gasteiger partial charge on any atom is 0.161 e. The van der Waals surface area contributed by atoms with Crippen LogP contribution in [0, 0.1) is 0 Å². The lowest BCUT2D eigenvalue weighted by atomic mass is 10.0. The number of oxime groups is 1. The Hall–Kier alpha value is -2.34. The van der Waals surface area contributed by atoms with Crippen LogP contribution in [0.4, 0.5) is 0 Å². The first-order valence-corrected chi connectivity index (χ1v) is 8.50. The molecule has 0 aliphatic carbocycles. The summed E-state index contributed by atoms with van der Waals surface area (Å²) in [6.45, 7) is 4.30. The summed E-state index contributed by atoms with van der Waals surface area (Å²) in [5.74, 6) is 0.520. The molecule has 6 nitrogen and oxygen atoms in total. The zero-order chi connectivity index (χ0) is 16.8. The molecule has 0 amide bonds. The first kappa shape index (κ1) is 16.5. The van der Waals surface area contributed by atoms with E-state index in [1.54, 1.807) is 0 Å². The summed E-state index contributed by atoms with van der Waals surface area (Å²) >= 11 is 0. The highest BCUT2D eigenvalue weighted by Crippen LogP contribution is 2.15. The molecule has 0 saturated carbocycles. The van der Waals surface area contributed by atoms with Gasteiger partial charge in [-0.1, -0.05) is 29.8 Å². The van der Waals surface area contributed by atoms with Crippen molar-refractivity contribution in [2.75, 3.05) is 13.1 Å². The summed E-state index contributed by atoms with van der Waals surface area (Å²) < 4.78 is 1.82. The van der Waals surface area contributed by atoms with Crippen LogP contribution in [0.3, 0.4) is 0 Å². The van der Waals surface area contributed by atoms with Gasteiger partial charge < -0.3 is 10.6 Å². The van der Waals surface area contributed by atoms with Gasteiger partial charge >= 0.3 is 0 Å². The van der Waals surface area contributed by atoms with Crippen molar-refractivity contribution >= 4 is 5.84 Å². The fraction of sp³-hybridized carbons (Fsp3) is 0.444. The van der Waals surface area contributed by atoms with Crippen LogP contribution < -0.4 is 5.73 Å². The average Bonchev–Trinajstić information content (AvgIpc) is 3.07. The quantitative estimate of drug-likeness (QED) is 0.503. The number of rotatable bonds is 6. The van der Waals surface area contributed by atoms with E-state index in [0.717, 1.165) is 17.9 Å². The molecular weight excluding hydrogens is 302 g/mol. The molecule has 2 aromatic rings. The van der Waals surface area contributed by atoms with Gasteiger partial charge in [-0.15, -0.1) is 0 Å². The molecular formula is C18H25N5O. The largest absolute Gasteiger partial charge is 0.388 e. The topological polar surface area (TPSA) is 68.7 Å². The van der Waals surface area contributed by atoms with E-state index in [1.165, 1.54) is 19.3 Å². The third-order valence-corrected chi connectivity index (χ3v) is 4.36. The molecule has 1 aliphatic heterocycles. The van der Waals surface area contributed by atoms with Gasteiger partial charge in [-0.05, 0) is 44.5 Å². The van der Waals surface area contributed by atoms with Crippen molar-refractivity contribution in [3.63, 3.8) is 0 Å². The maximum atomic E-state index is 5.98. The first-order chi connectivity index (χ1) is 11.7. The van der Waals surface area contributed by atoms with Crippen molar-refractivity contribution in [2.24, 2.45) is 10.9 Å². The molecule has 2 heterocycles. The molecule has 0 radical (unpaired) electrons. The van der Waals surface area contributed by atoms with E-state index in [0.29, 0.717) is 25.0 Å². The minimum Gasteiger partial charge on any atom is -0.388 e. The van der Waals surface area contributed by atoms with Gasteiger partial charge in [0.15, 0.2) is 12.4 Å². The Bertz CT molecular complexity index is 667. The molecule has 1 atom stereocenters. The van der Waals surface area contributed by atoms with Crippen LogP contribution in [0.2, 0.25) is 0 Å². The van der Waals surface area contributed by atoms with Crippen molar-refractivity contribution in [2.45, 2.75) is 38.8 Å². The fourth-order valence-corrected chi connectivity index (χ4v) is 2.97. The highest BCUT2D eigenvalue weighted by atomic mass is 16.6. The Morgan fingerprint density at radius 3 is 2.92 bits per heavy atom. The predicted octanol–water partition coefficient (Wildman–Crippen LogP) is 2.54. The summed E-state index contributed by atoms with van der Waals surface area (Å²) in [7, 11) is 0. The highest BCUT2D eigenvalue weighted by Gasteiger charge is 2.18. The zero-order valence-corrected chi connectivity index (χ0v) is 14.1. The van der Waals surface area contributed by atoms with Gasteiger partial charge in [0.05, 0.1) is 12.2 Å². The predicted molar refractivity (Wildman–Crippen MR) is 94.9 cm³/mol. The molecule has 6 heteroatoms. The van der Waals surface area contributed by atoms with Gasteiger partial charge in [0.25, 0.3) is 0 Å². The third kappa shape index (κ3) is 4.35. The third-order valence-electron chi connectivity index (χ3n) is 4.36. The summed E-state index contributed by atoms with van der Waals surface area (Å²) in [6, 6.07) is 12.5. The minimum atomic E-state index is 0.316. The molecule has 3 rings (SSSR count). The standard InChI is InChI=1S/C18H25N5O/c1-15-7-5-6-11-22(15)13-18(19)21-24-14-16-10-12-23(20-16)17-8-3-2-4-9-17/h2-4,8-10,12,15H,5-7,11,13-14H2,1H3,(H2,19,21). The number of para-hydroxylation sites is 1. The molecule has 24 heavy (non-hydrogen) atoms. The highest BCUT2D eigenvalue weighted by molar-refractivity contribution is 5.81. The Balaban J connectivity index is 1.50. The molecule has 1 saturated heterocycles. The van der Waals surface area contributed by atoms with Crippen LogP contribution >= 0.6 is 0 Å². The minimum absolute atomic E-state index is 0.316. The number of amidine groups is 1. The first-order valence-electron chi connectivity index (χ1n) is 8.50. The van der Waals surface area contributed by atoms with Gasteiger partial charge in [0, 0.05) is 12.2 Å². The normalized spacial score (nSPS) is 19.4. The van der Waals surface area contributed by atoms with Crippen molar-refractivity contribution in [1.29, 1.82) is 0 Å². The van der Waals surface area contributed by atoms with Crippen LogP contribution in [0.1, 0.15) is 31.9 Å². The van der Waals surface area contributed by atoms with Crippen LogP contribution in [0.25, 0.3) is 5.69 Å². The van der Waals surface area contributed by atoms with Crippen molar-refractivity contribution < 1.29 is 4.84 Å². The second kappa shape index (κ2) is 7.97. The van der Waals surface area contributed by atoms with E-state index >= 15 is 0 Å². The van der Waals surface area contributed by atoms with E-state index in [4.69, 9.17) is 10.6 Å². The Morgan fingerprint density at radius 1 is 1.29 bits per heavy atom. The van der Waals surface area contributed by atoms with Crippen LogP contribution in [-0.2, 0) is 11.4 Å². The van der Waals surface area contributed by atoms with Crippen LogP contribution in [0.5, 0.6) is 0 Å². The summed E-state index contributed by atoms with van der Waals surface area (Å²) in [5, 5.41) is 8.51. The van der Waals surface area contributed by atoms with E-state index < -0.39 is 0 Å². The second-order valence-electron chi connectivity index (χ2n) is 6.26. The lowest BCUT2D eigenvalue weighted by Gasteiger charge is -2.32. The molecule has 1 aromatic heterocycles. The van der Waals surface area contributed by atoms with Crippen LogP contribution in [-0.4, -0.2) is 39.6 Å². The summed E-state index contributed by atoms with van der Waals surface area (Å²) in [4.78, 5) is 7.72. The Labute approximate surface area is 142 Å². The monoisotopic (exact) mass is 327 g/mol. The van der Waals surface area contributed by atoms with Crippen molar-refractivity contribution in [1.82, 2.24) is 14.7 Å².